The molecule has 2 heterocycles. The second kappa shape index (κ2) is 7.62. The van der Waals surface area contributed by atoms with Crippen LogP contribution in [0.25, 0.3) is 11.4 Å². The second-order valence-corrected chi connectivity index (χ2v) is 7.63. The fraction of sp³-hybridized carbons (Fsp3) is 0.200. The Kier molecular flexibility index (Phi) is 5.13. The number of rotatable bonds is 5. The highest BCUT2D eigenvalue weighted by Gasteiger charge is 2.50. The molecule has 1 aliphatic heterocycles. The summed E-state index contributed by atoms with van der Waals surface area (Å²) < 4.78 is 10.6. The average molecular weight is 447 g/mol. The number of amides is 3. The lowest BCUT2D eigenvalue weighted by atomic mass is 9.92. The number of hydrogen-bond acceptors (Lipinski definition) is 6. The lowest BCUT2D eigenvalue weighted by Gasteiger charge is -2.23. The quantitative estimate of drug-likeness (QED) is 0.594. The molecule has 1 saturated heterocycles. The zero-order chi connectivity index (χ0) is 21.5. The van der Waals surface area contributed by atoms with E-state index in [0.29, 0.717) is 21.9 Å². The van der Waals surface area contributed by atoms with Crippen LogP contribution in [0.1, 0.15) is 18.4 Å². The first-order valence-corrected chi connectivity index (χ1v) is 9.64. The van der Waals surface area contributed by atoms with Gasteiger partial charge in [-0.3, -0.25) is 9.69 Å². The van der Waals surface area contributed by atoms with Gasteiger partial charge in [0.1, 0.15) is 17.8 Å². The third kappa shape index (κ3) is 3.38. The first-order valence-electron chi connectivity index (χ1n) is 8.89. The van der Waals surface area contributed by atoms with Gasteiger partial charge in [-0.1, -0.05) is 46.6 Å². The Bertz CT molecular complexity index is 1150. The van der Waals surface area contributed by atoms with E-state index < -0.39 is 17.5 Å². The van der Waals surface area contributed by atoms with Crippen molar-refractivity contribution in [1.82, 2.24) is 20.4 Å². The number of nitrogens with zero attached hydrogens (tertiary/aromatic N) is 3. The maximum Gasteiger partial charge on any atom is 0.325 e. The van der Waals surface area contributed by atoms with Crippen LogP contribution in [-0.2, 0) is 16.9 Å². The van der Waals surface area contributed by atoms with Gasteiger partial charge in [0, 0.05) is 15.6 Å². The minimum atomic E-state index is -1.34. The molecule has 8 nitrogen and oxygen atoms in total. The van der Waals surface area contributed by atoms with E-state index in [4.69, 9.17) is 32.5 Å². The molecule has 0 bridgehead atoms. The van der Waals surface area contributed by atoms with Crippen LogP contribution >= 0.6 is 23.2 Å². The number of methoxy groups -OCH3 is 1. The SMILES string of the molecule is COc1ccccc1-c1noc(CN2C(=O)NC(C)(c3ccc(Cl)cc3Cl)C2=O)n1. The molecular weight excluding hydrogens is 431 g/mol. The molecule has 1 aliphatic rings. The molecule has 0 spiro atoms. The molecule has 0 radical (unpaired) electrons. The summed E-state index contributed by atoms with van der Waals surface area (Å²) in [6.45, 7) is 1.39. The number of para-hydroxylation sites is 1. The van der Waals surface area contributed by atoms with Gasteiger partial charge in [0.15, 0.2) is 0 Å². The van der Waals surface area contributed by atoms with Crippen molar-refractivity contribution >= 4 is 35.1 Å². The van der Waals surface area contributed by atoms with Gasteiger partial charge < -0.3 is 14.6 Å². The Morgan fingerprint density at radius 3 is 2.70 bits per heavy atom. The van der Waals surface area contributed by atoms with Gasteiger partial charge in [0.2, 0.25) is 11.7 Å². The summed E-state index contributed by atoms with van der Waals surface area (Å²) in [4.78, 5) is 30.9. The Hall–Kier alpha value is -3.10. The first-order chi connectivity index (χ1) is 14.3. The topological polar surface area (TPSA) is 97.6 Å². The van der Waals surface area contributed by atoms with Gasteiger partial charge in [-0.25, -0.2) is 4.79 Å². The minimum Gasteiger partial charge on any atom is -0.496 e. The summed E-state index contributed by atoms with van der Waals surface area (Å²) in [5.41, 5.74) is -0.274. The van der Waals surface area contributed by atoms with E-state index in [1.165, 1.54) is 13.2 Å². The van der Waals surface area contributed by atoms with E-state index in [0.717, 1.165) is 4.90 Å². The van der Waals surface area contributed by atoms with Crippen LogP contribution in [0, 0.1) is 0 Å². The van der Waals surface area contributed by atoms with Crippen LogP contribution < -0.4 is 10.1 Å². The standard InChI is InChI=1S/C20H16Cl2N4O4/c1-20(13-8-7-11(21)9-14(13)22)18(27)26(19(28)24-20)10-16-23-17(25-30-16)12-5-3-4-6-15(12)29-2/h3-9H,10H2,1-2H3,(H,24,28). The van der Waals surface area contributed by atoms with Crippen molar-refractivity contribution in [3.63, 3.8) is 0 Å². The maximum atomic E-state index is 13.1. The van der Waals surface area contributed by atoms with Crippen LogP contribution in [-0.4, -0.2) is 34.1 Å². The van der Waals surface area contributed by atoms with Crippen molar-refractivity contribution < 1.29 is 18.8 Å². The molecule has 4 rings (SSSR count). The molecule has 154 valence electrons. The first kappa shape index (κ1) is 20.2. The van der Waals surface area contributed by atoms with Crippen molar-refractivity contribution in [3.05, 3.63) is 64.0 Å². The minimum absolute atomic E-state index is 0.103. The fourth-order valence-electron chi connectivity index (χ4n) is 3.31. The molecule has 10 heteroatoms. The third-order valence-corrected chi connectivity index (χ3v) is 5.40. The summed E-state index contributed by atoms with van der Waals surface area (Å²) in [7, 11) is 1.54. The van der Waals surface area contributed by atoms with Gasteiger partial charge in [-0.05, 0) is 31.2 Å². The molecular formula is C20H16Cl2N4O4. The van der Waals surface area contributed by atoms with Crippen LogP contribution in [0.2, 0.25) is 10.0 Å². The maximum absolute atomic E-state index is 13.1. The highest BCUT2D eigenvalue weighted by molar-refractivity contribution is 6.35. The molecule has 0 aliphatic carbocycles. The highest BCUT2D eigenvalue weighted by Crippen LogP contribution is 2.35. The van der Waals surface area contributed by atoms with Crippen LogP contribution in [0.3, 0.4) is 0 Å². The Morgan fingerprint density at radius 1 is 1.20 bits per heavy atom. The number of imide groups is 1. The number of carbonyl (C=O) groups is 2. The number of nitrogens with one attached hydrogen (secondary N) is 1. The zero-order valence-corrected chi connectivity index (χ0v) is 17.5. The Labute approximate surface area is 181 Å². The normalized spacial score (nSPS) is 18.6. The summed E-state index contributed by atoms with van der Waals surface area (Å²) in [6, 6.07) is 11.3. The van der Waals surface area contributed by atoms with Crippen LogP contribution in [0.4, 0.5) is 4.79 Å². The number of carbonyl (C=O) groups excluding carboxylic acids is 2. The smallest absolute Gasteiger partial charge is 0.325 e. The predicted octanol–water partition coefficient (Wildman–Crippen LogP) is 4.02. The molecule has 0 saturated carbocycles. The highest BCUT2D eigenvalue weighted by atomic mass is 35.5. The molecule has 2 aromatic carbocycles. The number of ether oxygens (including phenoxy) is 1. The van der Waals surface area contributed by atoms with Gasteiger partial charge >= 0.3 is 6.03 Å². The van der Waals surface area contributed by atoms with Crippen molar-refractivity contribution in [1.29, 1.82) is 0 Å². The Morgan fingerprint density at radius 2 is 1.97 bits per heavy atom. The summed E-state index contributed by atoms with van der Waals surface area (Å²) >= 11 is 12.2. The Balaban J connectivity index is 1.60. The van der Waals surface area contributed by atoms with Gasteiger partial charge in [0.25, 0.3) is 5.91 Å². The summed E-state index contributed by atoms with van der Waals surface area (Å²) in [5, 5.41) is 7.32. The van der Waals surface area contributed by atoms with Crippen molar-refractivity contribution in [2.75, 3.05) is 7.11 Å². The number of urea groups is 1. The number of hydrogen-bond donors (Lipinski definition) is 1. The largest absolute Gasteiger partial charge is 0.496 e. The fourth-order valence-corrected chi connectivity index (χ4v) is 3.91. The summed E-state index contributed by atoms with van der Waals surface area (Å²) in [5.74, 6) is 0.474. The van der Waals surface area contributed by atoms with Gasteiger partial charge in [-0.2, -0.15) is 4.98 Å². The molecule has 3 amide bonds. The molecule has 3 aromatic rings. The van der Waals surface area contributed by atoms with Crippen LogP contribution in [0.15, 0.2) is 47.0 Å². The number of halogens is 2. The van der Waals surface area contributed by atoms with E-state index in [9.17, 15) is 9.59 Å². The van der Waals surface area contributed by atoms with Crippen LogP contribution in [0.5, 0.6) is 5.75 Å². The summed E-state index contributed by atoms with van der Waals surface area (Å²) in [6.07, 6.45) is 0. The van der Waals surface area contributed by atoms with Crippen molar-refractivity contribution in [2.45, 2.75) is 19.0 Å². The monoisotopic (exact) mass is 446 g/mol. The van der Waals surface area contributed by atoms with Crippen molar-refractivity contribution in [3.8, 4) is 17.1 Å². The van der Waals surface area contributed by atoms with Gasteiger partial charge in [0.05, 0.1) is 12.7 Å². The number of benzene rings is 2. The molecule has 1 N–H and O–H groups in total. The lowest BCUT2D eigenvalue weighted by Crippen LogP contribution is -2.41. The van der Waals surface area contributed by atoms with Gasteiger partial charge in [-0.15, -0.1) is 0 Å². The van der Waals surface area contributed by atoms with E-state index in [1.54, 1.807) is 31.2 Å². The third-order valence-electron chi connectivity index (χ3n) is 4.85. The second-order valence-electron chi connectivity index (χ2n) is 6.78. The predicted molar refractivity (Wildman–Crippen MR) is 109 cm³/mol. The molecule has 1 fully saturated rings. The van der Waals surface area contributed by atoms with E-state index >= 15 is 0 Å². The molecule has 1 atom stereocenters. The zero-order valence-electron chi connectivity index (χ0n) is 16.0. The molecule has 1 unspecified atom stereocenters. The number of aromatic nitrogens is 2. The van der Waals surface area contributed by atoms with E-state index in [2.05, 4.69) is 15.5 Å². The van der Waals surface area contributed by atoms with E-state index in [-0.39, 0.29) is 23.3 Å². The molecule has 1 aromatic heterocycles. The lowest BCUT2D eigenvalue weighted by molar-refractivity contribution is -0.131. The molecule has 30 heavy (non-hydrogen) atoms. The van der Waals surface area contributed by atoms with E-state index in [1.807, 2.05) is 12.1 Å². The van der Waals surface area contributed by atoms with Crippen molar-refractivity contribution in [2.24, 2.45) is 0 Å². The average Bonchev–Trinajstić information content (AvgIpc) is 3.27.